The van der Waals surface area contributed by atoms with Crippen LogP contribution >= 0.6 is 11.6 Å². The van der Waals surface area contributed by atoms with Crippen molar-refractivity contribution in [3.05, 3.63) is 49.9 Å². The van der Waals surface area contributed by atoms with E-state index in [1.165, 1.54) is 4.90 Å². The predicted molar refractivity (Wildman–Crippen MR) is 138 cm³/mol. The number of ketones is 2. The van der Waals surface area contributed by atoms with Crippen LogP contribution < -0.4 is 5.73 Å². The first-order valence-corrected chi connectivity index (χ1v) is 12.9. The molecule has 1 aromatic rings. The van der Waals surface area contributed by atoms with Crippen molar-refractivity contribution in [1.29, 1.82) is 0 Å². The zero-order valence-electron chi connectivity index (χ0n) is 21.9. The van der Waals surface area contributed by atoms with Crippen LogP contribution in [-0.4, -0.2) is 79.0 Å². The predicted octanol–water partition coefficient (Wildman–Crippen LogP) is 1.89. The molecule has 10 nitrogen and oxygen atoms in total. The number of nitrogens with two attached hydrogens (primary N) is 1. The van der Waals surface area contributed by atoms with E-state index in [1.54, 1.807) is 14.1 Å². The Morgan fingerprint density at radius 3 is 2.26 bits per heavy atom. The zero-order chi connectivity index (χ0) is 28.2. The summed E-state index contributed by atoms with van der Waals surface area (Å²) in [6.07, 6.45) is 0.192. The molecule has 0 radical (unpaired) electrons. The summed E-state index contributed by atoms with van der Waals surface area (Å²) < 4.78 is 0. The number of halogens is 1. The van der Waals surface area contributed by atoms with Gasteiger partial charge < -0.3 is 26.2 Å². The minimum absolute atomic E-state index is 0.0219. The van der Waals surface area contributed by atoms with Crippen LogP contribution in [0, 0.1) is 11.8 Å². The summed E-state index contributed by atoms with van der Waals surface area (Å²) in [5.74, 6) is -6.69. The summed E-state index contributed by atoms with van der Waals surface area (Å²) in [5, 5.41) is 45.6. The minimum Gasteiger partial charge on any atom is -0.510 e. The normalized spacial score (nSPS) is 29.4. The quantitative estimate of drug-likeness (QED) is 0.349. The molecule has 11 heteroatoms. The van der Waals surface area contributed by atoms with Gasteiger partial charge in [0.25, 0.3) is 5.91 Å². The third kappa shape index (κ3) is 3.33. The van der Waals surface area contributed by atoms with Crippen molar-refractivity contribution in [2.45, 2.75) is 63.9 Å². The lowest BCUT2D eigenvalue weighted by Crippen LogP contribution is -2.63. The van der Waals surface area contributed by atoms with Gasteiger partial charge in [-0.25, -0.2) is 0 Å². The molecule has 0 saturated carbocycles. The number of hydrogen-bond acceptors (Lipinski definition) is 9. The van der Waals surface area contributed by atoms with E-state index in [0.717, 1.165) is 5.56 Å². The van der Waals surface area contributed by atoms with Crippen LogP contribution in [0.5, 0.6) is 5.75 Å². The van der Waals surface area contributed by atoms with E-state index >= 15 is 0 Å². The van der Waals surface area contributed by atoms with E-state index < -0.39 is 58.0 Å². The second-order valence-electron chi connectivity index (χ2n) is 12.0. The summed E-state index contributed by atoms with van der Waals surface area (Å²) in [7, 11) is 3.18. The fraction of sp³-hybridized carbons (Fsp3) is 0.519. The number of amides is 1. The largest absolute Gasteiger partial charge is 0.510 e. The standard InChI is InChI=1S/C27H32ClN3O7/c1-26(2,3)31-8-12-13(9-31)20(32)16-11(18(12)28)6-10-7-14-19(30(4)5)22(34)17(25(29)37)24(36)27(14,38)23(35)15(10)21(16)33/h10,14,19,32,34-35,38H,6-9H2,1-5H3,(H2,29,37)/t10-,14-,19-,27-/m0/s1. The summed E-state index contributed by atoms with van der Waals surface area (Å²) in [6.45, 7) is 6.99. The molecule has 38 heavy (non-hydrogen) atoms. The molecule has 4 aliphatic rings. The molecule has 1 amide bonds. The first-order valence-electron chi connectivity index (χ1n) is 12.5. The van der Waals surface area contributed by atoms with Gasteiger partial charge in [0.05, 0.1) is 11.6 Å². The first kappa shape index (κ1) is 26.7. The smallest absolute Gasteiger partial charge is 0.255 e. The van der Waals surface area contributed by atoms with Crippen LogP contribution in [0.1, 0.15) is 54.2 Å². The van der Waals surface area contributed by atoms with Crippen molar-refractivity contribution in [2.75, 3.05) is 14.1 Å². The molecule has 204 valence electrons. The lowest BCUT2D eigenvalue weighted by molar-refractivity contribution is -0.148. The number of likely N-dealkylation sites (N-methyl/N-ethyl adjacent to an activating group) is 1. The number of phenolic OH excluding ortho intramolecular Hbond substituents is 1. The third-order valence-corrected chi connectivity index (χ3v) is 9.14. The van der Waals surface area contributed by atoms with Crippen molar-refractivity contribution in [2.24, 2.45) is 17.6 Å². The number of primary amides is 1. The first-order chi connectivity index (χ1) is 17.5. The van der Waals surface area contributed by atoms with Crippen LogP contribution in [0.25, 0.3) is 0 Å². The number of hydrogen-bond donors (Lipinski definition) is 5. The van der Waals surface area contributed by atoms with Gasteiger partial charge in [0, 0.05) is 40.7 Å². The second-order valence-corrected chi connectivity index (χ2v) is 12.3. The van der Waals surface area contributed by atoms with E-state index in [-0.39, 0.29) is 35.3 Å². The van der Waals surface area contributed by atoms with Crippen LogP contribution in [0.3, 0.4) is 0 Å². The van der Waals surface area contributed by atoms with Crippen molar-refractivity contribution in [3.8, 4) is 5.75 Å². The molecule has 1 heterocycles. The zero-order valence-corrected chi connectivity index (χ0v) is 22.7. The number of benzene rings is 1. The Bertz CT molecular complexity index is 1390. The number of rotatable bonds is 2. The van der Waals surface area contributed by atoms with Gasteiger partial charge in [-0.2, -0.15) is 0 Å². The van der Waals surface area contributed by atoms with E-state index in [4.69, 9.17) is 17.3 Å². The maximum absolute atomic E-state index is 13.9. The summed E-state index contributed by atoms with van der Waals surface area (Å²) >= 11 is 6.86. The molecule has 1 aromatic carbocycles. The molecular formula is C27H32ClN3O7. The van der Waals surface area contributed by atoms with Crippen LogP contribution in [0.2, 0.25) is 5.02 Å². The Balaban J connectivity index is 1.70. The molecule has 6 N–H and O–H groups in total. The number of phenols is 1. The number of aliphatic hydroxyl groups is 3. The fourth-order valence-corrected chi connectivity index (χ4v) is 7.04. The van der Waals surface area contributed by atoms with Gasteiger partial charge in [0.1, 0.15) is 22.8 Å². The highest BCUT2D eigenvalue weighted by molar-refractivity contribution is 6.33. The van der Waals surface area contributed by atoms with Gasteiger partial charge in [0.2, 0.25) is 5.78 Å². The van der Waals surface area contributed by atoms with Gasteiger partial charge in [-0.3, -0.25) is 24.2 Å². The number of nitrogens with zero attached hydrogens (tertiary/aromatic N) is 2. The van der Waals surface area contributed by atoms with Crippen LogP contribution in [-0.2, 0) is 29.1 Å². The Kier molecular flexibility index (Phi) is 5.82. The number of allylic oxidation sites excluding steroid dienone is 1. The topological polar surface area (TPSA) is 165 Å². The highest BCUT2D eigenvalue weighted by Gasteiger charge is 2.63. The minimum atomic E-state index is -2.66. The van der Waals surface area contributed by atoms with Gasteiger partial charge in [0.15, 0.2) is 11.4 Å². The van der Waals surface area contributed by atoms with E-state index in [2.05, 4.69) is 4.90 Å². The monoisotopic (exact) mass is 545 g/mol. The van der Waals surface area contributed by atoms with Crippen molar-refractivity contribution in [3.63, 3.8) is 0 Å². The maximum Gasteiger partial charge on any atom is 0.255 e. The Morgan fingerprint density at radius 2 is 1.71 bits per heavy atom. The lowest BCUT2D eigenvalue weighted by Gasteiger charge is -2.50. The maximum atomic E-state index is 13.9. The van der Waals surface area contributed by atoms with Gasteiger partial charge >= 0.3 is 0 Å². The molecule has 0 unspecified atom stereocenters. The van der Waals surface area contributed by atoms with E-state index in [0.29, 0.717) is 29.2 Å². The molecule has 0 spiro atoms. The number of fused-ring (bicyclic) bond motifs is 4. The van der Waals surface area contributed by atoms with Gasteiger partial charge in [-0.05, 0) is 64.8 Å². The fourth-order valence-electron chi connectivity index (χ4n) is 6.69. The van der Waals surface area contributed by atoms with Crippen molar-refractivity contribution < 1.29 is 34.8 Å². The third-order valence-electron chi connectivity index (χ3n) is 8.68. The molecule has 0 bridgehead atoms. The number of aliphatic hydroxyl groups excluding tert-OH is 2. The molecule has 4 atom stereocenters. The summed E-state index contributed by atoms with van der Waals surface area (Å²) in [5.41, 5.74) is 3.15. The second kappa shape index (κ2) is 8.29. The summed E-state index contributed by atoms with van der Waals surface area (Å²) in [6, 6.07) is -1.04. The average Bonchev–Trinajstić information content (AvgIpc) is 3.26. The van der Waals surface area contributed by atoms with E-state index in [9.17, 15) is 34.8 Å². The molecule has 0 fully saturated rings. The van der Waals surface area contributed by atoms with Gasteiger partial charge in [-0.15, -0.1) is 0 Å². The number of carbonyl (C=O) groups excluding carboxylic acids is 3. The molecule has 0 saturated heterocycles. The van der Waals surface area contributed by atoms with E-state index in [1.807, 2.05) is 20.8 Å². The van der Waals surface area contributed by atoms with Crippen molar-refractivity contribution in [1.82, 2.24) is 9.80 Å². The van der Waals surface area contributed by atoms with Gasteiger partial charge in [-0.1, -0.05) is 11.6 Å². The van der Waals surface area contributed by atoms with Crippen LogP contribution in [0.4, 0.5) is 0 Å². The average molecular weight is 546 g/mol. The molecule has 3 aliphatic carbocycles. The Labute approximate surface area is 225 Å². The number of carbonyl (C=O) groups is 3. The Morgan fingerprint density at radius 1 is 1.11 bits per heavy atom. The highest BCUT2D eigenvalue weighted by atomic mass is 35.5. The summed E-state index contributed by atoms with van der Waals surface area (Å²) in [4.78, 5) is 43.0. The number of Topliss-reactive ketones (excluding diaryl/α,β-unsaturated/α-hetero) is 2. The molecule has 0 aromatic heterocycles. The highest BCUT2D eigenvalue weighted by Crippen LogP contribution is 2.54. The van der Waals surface area contributed by atoms with Crippen molar-refractivity contribution >= 4 is 29.1 Å². The number of aromatic hydroxyl groups is 1. The molecule has 5 rings (SSSR count). The lowest BCUT2D eigenvalue weighted by atomic mass is 9.58. The molecular weight excluding hydrogens is 514 g/mol. The SMILES string of the molecule is CN(C)[C@@H]1C(O)=C(C(N)=O)C(=O)[C@@]2(O)C(O)=C3C(=O)c4c(O)c5c(c(Cl)c4C[C@H]3C[C@@H]12)CN(C(C)(C)C)C5. The Hall–Kier alpha value is -2.92. The molecule has 1 aliphatic heterocycles. The van der Waals surface area contributed by atoms with Crippen LogP contribution in [0.15, 0.2) is 22.7 Å².